The van der Waals surface area contributed by atoms with Gasteiger partial charge in [0, 0.05) is 43.7 Å². The second-order valence-corrected chi connectivity index (χ2v) is 6.96. The van der Waals surface area contributed by atoms with Crippen molar-refractivity contribution in [1.29, 1.82) is 0 Å². The van der Waals surface area contributed by atoms with Gasteiger partial charge in [0.15, 0.2) is 0 Å². The van der Waals surface area contributed by atoms with Crippen LogP contribution in [0, 0.1) is 0 Å². The van der Waals surface area contributed by atoms with Crippen LogP contribution < -0.4 is 10.9 Å². The fraction of sp³-hybridized carbons (Fsp3) is 0.300. The third-order valence-corrected chi connectivity index (χ3v) is 5.26. The number of para-hydroxylation sites is 1. The van der Waals surface area contributed by atoms with Gasteiger partial charge in [-0.25, -0.2) is 4.98 Å². The molecule has 2 N–H and O–H groups in total. The minimum absolute atomic E-state index is 0.0754. The van der Waals surface area contributed by atoms with Crippen LogP contribution in [0.4, 0.5) is 0 Å². The quantitative estimate of drug-likeness (QED) is 0.743. The molecule has 0 amide bonds. The van der Waals surface area contributed by atoms with Crippen molar-refractivity contribution in [2.75, 3.05) is 26.2 Å². The van der Waals surface area contributed by atoms with Crippen molar-refractivity contribution in [3.8, 4) is 0 Å². The normalized spacial score (nSPS) is 18.3. The van der Waals surface area contributed by atoms with Crippen molar-refractivity contribution in [3.05, 3.63) is 75.3 Å². The number of halogens is 1. The van der Waals surface area contributed by atoms with E-state index >= 15 is 0 Å². The summed E-state index contributed by atoms with van der Waals surface area (Å²) >= 11 is 6.41. The number of nitrogens with zero attached hydrogens (tertiary/aromatic N) is 2. The van der Waals surface area contributed by atoms with Crippen molar-refractivity contribution in [1.82, 2.24) is 20.2 Å². The Hall–Kier alpha value is -2.21. The summed E-state index contributed by atoms with van der Waals surface area (Å²) in [5.74, 6) is 0.727. The Morgan fingerprint density at radius 2 is 1.96 bits per heavy atom. The van der Waals surface area contributed by atoms with Crippen LogP contribution in [0.5, 0.6) is 0 Å². The van der Waals surface area contributed by atoms with Crippen LogP contribution >= 0.6 is 11.6 Å². The summed E-state index contributed by atoms with van der Waals surface area (Å²) in [5, 5.41) is 4.87. The molecular weight excluding hydrogens is 348 g/mol. The lowest BCUT2D eigenvalue weighted by atomic mass is 10.0. The van der Waals surface area contributed by atoms with E-state index in [1.54, 1.807) is 6.07 Å². The van der Waals surface area contributed by atoms with Crippen molar-refractivity contribution >= 4 is 22.5 Å². The molecule has 2 aromatic carbocycles. The summed E-state index contributed by atoms with van der Waals surface area (Å²) in [6.45, 7) is 3.57. The lowest BCUT2D eigenvalue weighted by Crippen LogP contribution is -2.46. The van der Waals surface area contributed by atoms with E-state index in [1.807, 2.05) is 36.4 Å². The number of hydrogen-bond donors (Lipinski definition) is 2. The fourth-order valence-corrected chi connectivity index (χ4v) is 3.83. The molecule has 1 atom stereocenters. The van der Waals surface area contributed by atoms with Crippen molar-refractivity contribution in [2.24, 2.45) is 0 Å². The molecule has 1 saturated heterocycles. The summed E-state index contributed by atoms with van der Waals surface area (Å²) < 4.78 is 0. The molecule has 3 aromatic rings. The van der Waals surface area contributed by atoms with E-state index < -0.39 is 0 Å². The first-order valence-corrected chi connectivity index (χ1v) is 9.27. The number of H-pyrrole nitrogens is 1. The Labute approximate surface area is 157 Å². The van der Waals surface area contributed by atoms with Gasteiger partial charge in [0.25, 0.3) is 5.56 Å². The topological polar surface area (TPSA) is 61.0 Å². The Balaban J connectivity index is 1.54. The molecule has 6 heteroatoms. The molecule has 1 aliphatic rings. The zero-order valence-corrected chi connectivity index (χ0v) is 15.2. The number of fused-ring (bicyclic) bond motifs is 1. The first kappa shape index (κ1) is 17.2. The van der Waals surface area contributed by atoms with Gasteiger partial charge in [-0.2, -0.15) is 0 Å². The van der Waals surface area contributed by atoms with Crippen LogP contribution in [0.1, 0.15) is 17.4 Å². The zero-order valence-electron chi connectivity index (χ0n) is 14.4. The highest BCUT2D eigenvalue weighted by atomic mass is 35.5. The van der Waals surface area contributed by atoms with Gasteiger partial charge in [-0.15, -0.1) is 0 Å². The van der Waals surface area contributed by atoms with Crippen LogP contribution in [-0.2, 0) is 6.42 Å². The van der Waals surface area contributed by atoms with E-state index in [2.05, 4.69) is 26.3 Å². The first-order chi connectivity index (χ1) is 12.7. The molecule has 0 spiro atoms. The zero-order chi connectivity index (χ0) is 17.9. The second kappa shape index (κ2) is 7.58. The molecule has 0 radical (unpaired) electrons. The van der Waals surface area contributed by atoms with Crippen molar-refractivity contribution in [3.63, 3.8) is 0 Å². The Morgan fingerprint density at radius 3 is 2.85 bits per heavy atom. The molecule has 2 heterocycles. The molecule has 5 nitrogen and oxygen atoms in total. The lowest BCUT2D eigenvalue weighted by molar-refractivity contribution is 0.163. The van der Waals surface area contributed by atoms with Gasteiger partial charge >= 0.3 is 0 Å². The average Bonchev–Trinajstić information content (AvgIpc) is 2.67. The highest BCUT2D eigenvalue weighted by Crippen LogP contribution is 2.28. The molecule has 1 fully saturated rings. The van der Waals surface area contributed by atoms with E-state index in [4.69, 9.17) is 11.6 Å². The average molecular weight is 369 g/mol. The summed E-state index contributed by atoms with van der Waals surface area (Å²) in [7, 11) is 0. The maximum atomic E-state index is 12.2. The monoisotopic (exact) mass is 368 g/mol. The van der Waals surface area contributed by atoms with Crippen molar-refractivity contribution in [2.45, 2.75) is 12.5 Å². The number of nitrogens with one attached hydrogen (secondary N) is 2. The number of piperazine rings is 1. The van der Waals surface area contributed by atoms with Gasteiger partial charge in [-0.05, 0) is 23.8 Å². The smallest absolute Gasteiger partial charge is 0.258 e. The molecule has 1 unspecified atom stereocenters. The molecule has 1 aliphatic heterocycles. The Bertz CT molecular complexity index is 971. The molecule has 1 aromatic heterocycles. The SMILES string of the molecule is O=c1[nH]c(CCN2CCNCC2c2ccccc2Cl)nc2ccccc12. The van der Waals surface area contributed by atoms with E-state index in [0.717, 1.165) is 48.1 Å². The van der Waals surface area contributed by atoms with Gasteiger partial charge in [0.05, 0.1) is 10.9 Å². The highest BCUT2D eigenvalue weighted by molar-refractivity contribution is 6.31. The van der Waals surface area contributed by atoms with Gasteiger partial charge in [0.1, 0.15) is 5.82 Å². The molecular formula is C20H21ClN4O. The van der Waals surface area contributed by atoms with Crippen LogP contribution in [0.2, 0.25) is 5.02 Å². The summed E-state index contributed by atoms with van der Waals surface area (Å²) in [6, 6.07) is 15.7. The number of hydrogen-bond acceptors (Lipinski definition) is 4. The lowest BCUT2D eigenvalue weighted by Gasteiger charge is -2.36. The third-order valence-electron chi connectivity index (χ3n) is 4.92. The molecule has 0 aliphatic carbocycles. The number of rotatable bonds is 4. The number of aromatic nitrogens is 2. The van der Waals surface area contributed by atoms with Crippen LogP contribution in [0.15, 0.2) is 53.3 Å². The van der Waals surface area contributed by atoms with Gasteiger partial charge < -0.3 is 10.3 Å². The maximum absolute atomic E-state index is 12.2. The molecule has 0 bridgehead atoms. The van der Waals surface area contributed by atoms with Gasteiger partial charge in [-0.3, -0.25) is 9.69 Å². The van der Waals surface area contributed by atoms with Crippen molar-refractivity contribution < 1.29 is 0 Å². The molecule has 134 valence electrons. The fourth-order valence-electron chi connectivity index (χ4n) is 3.57. The third kappa shape index (κ3) is 3.51. The van der Waals surface area contributed by atoms with E-state index in [-0.39, 0.29) is 11.6 Å². The van der Waals surface area contributed by atoms with Gasteiger partial charge in [-0.1, -0.05) is 41.9 Å². The predicted molar refractivity (Wildman–Crippen MR) is 105 cm³/mol. The molecule has 0 saturated carbocycles. The number of aromatic amines is 1. The van der Waals surface area contributed by atoms with E-state index in [0.29, 0.717) is 11.8 Å². The predicted octanol–water partition coefficient (Wildman–Crippen LogP) is 2.77. The minimum Gasteiger partial charge on any atom is -0.314 e. The molecule has 26 heavy (non-hydrogen) atoms. The molecule has 4 rings (SSSR count). The maximum Gasteiger partial charge on any atom is 0.258 e. The first-order valence-electron chi connectivity index (χ1n) is 8.89. The highest BCUT2D eigenvalue weighted by Gasteiger charge is 2.25. The summed E-state index contributed by atoms with van der Waals surface area (Å²) in [6.07, 6.45) is 0.695. The van der Waals surface area contributed by atoms with E-state index in [9.17, 15) is 4.79 Å². The Morgan fingerprint density at radius 1 is 1.15 bits per heavy atom. The van der Waals surface area contributed by atoms with E-state index in [1.165, 1.54) is 0 Å². The minimum atomic E-state index is -0.0754. The largest absolute Gasteiger partial charge is 0.314 e. The second-order valence-electron chi connectivity index (χ2n) is 6.56. The number of benzene rings is 2. The van der Waals surface area contributed by atoms with Crippen LogP contribution in [0.3, 0.4) is 0 Å². The van der Waals surface area contributed by atoms with Gasteiger partial charge in [0.2, 0.25) is 0 Å². The van der Waals surface area contributed by atoms with Crippen LogP contribution in [-0.4, -0.2) is 41.0 Å². The summed E-state index contributed by atoms with van der Waals surface area (Å²) in [4.78, 5) is 22.2. The standard InChI is InChI=1S/C20H21ClN4O/c21-16-7-3-1-5-14(16)18-13-22-10-12-25(18)11-9-19-23-17-8-4-2-6-15(17)20(26)24-19/h1-8,18,22H,9-13H2,(H,23,24,26). The summed E-state index contributed by atoms with van der Waals surface area (Å²) in [5.41, 5.74) is 1.81. The van der Waals surface area contributed by atoms with Crippen LogP contribution in [0.25, 0.3) is 10.9 Å². The Kier molecular flexibility index (Phi) is 5.02.